The second-order valence-corrected chi connectivity index (χ2v) is 4.08. The number of nitrogens with zero attached hydrogens (tertiary/aromatic N) is 1. The molecule has 0 saturated carbocycles. The molecule has 1 rings (SSSR count). The highest BCUT2D eigenvalue weighted by Gasteiger charge is 2.13. The van der Waals surface area contributed by atoms with Gasteiger partial charge in [0.05, 0.1) is 17.6 Å². The first-order valence-electron chi connectivity index (χ1n) is 4.72. The van der Waals surface area contributed by atoms with E-state index in [1.807, 2.05) is 6.92 Å². The quantitative estimate of drug-likeness (QED) is 0.472. The monoisotopic (exact) mass is 285 g/mol. The van der Waals surface area contributed by atoms with Gasteiger partial charge in [-0.25, -0.2) is 0 Å². The Labute approximate surface area is 102 Å². The van der Waals surface area contributed by atoms with E-state index in [-0.39, 0.29) is 11.8 Å². The summed E-state index contributed by atoms with van der Waals surface area (Å²) in [7, 11) is 0. The molecule has 0 spiro atoms. The average Bonchev–Trinajstić information content (AvgIpc) is 2.25. The molecule has 0 aliphatic carbocycles. The topological polar surface area (TPSA) is 52.4 Å². The van der Waals surface area contributed by atoms with Crippen LogP contribution >= 0.6 is 15.9 Å². The number of non-ortho nitro benzene ring substituents is 1. The summed E-state index contributed by atoms with van der Waals surface area (Å²) in [6.45, 7) is 5.89. The molecule has 1 aromatic rings. The molecule has 0 bridgehead atoms. The number of ether oxygens (including phenoxy) is 1. The Balaban J connectivity index is 2.89. The third-order valence-corrected chi connectivity index (χ3v) is 2.78. The van der Waals surface area contributed by atoms with E-state index >= 15 is 0 Å². The van der Waals surface area contributed by atoms with Gasteiger partial charge in [-0.05, 0) is 18.6 Å². The zero-order chi connectivity index (χ0) is 12.1. The first kappa shape index (κ1) is 12.9. The fourth-order valence-electron chi connectivity index (χ4n) is 1.26. The molecule has 0 amide bonds. The maximum atomic E-state index is 10.5. The second-order valence-electron chi connectivity index (χ2n) is 3.23. The van der Waals surface area contributed by atoms with Crippen LogP contribution < -0.4 is 0 Å². The maximum Gasteiger partial charge on any atom is 0.270 e. The highest BCUT2D eigenvalue weighted by atomic mass is 79.9. The van der Waals surface area contributed by atoms with Gasteiger partial charge in [0.15, 0.2) is 0 Å². The van der Waals surface area contributed by atoms with Gasteiger partial charge in [-0.1, -0.05) is 22.0 Å². The lowest BCUT2D eigenvalue weighted by atomic mass is 10.1. The van der Waals surface area contributed by atoms with E-state index in [0.717, 1.165) is 5.56 Å². The standard InChI is InChI=1S/C11H12BrNO3/c1-3-6-16-8(2)10-5-4-9(13(14)15)7-11(10)12/h3-5,7-8H,1,6H2,2H3. The minimum absolute atomic E-state index is 0.0616. The number of nitro benzene ring substituents is 1. The predicted molar refractivity (Wildman–Crippen MR) is 65.4 cm³/mol. The molecule has 0 radical (unpaired) electrons. The molecule has 1 aromatic carbocycles. The van der Waals surface area contributed by atoms with Gasteiger partial charge < -0.3 is 4.74 Å². The molecule has 5 heteroatoms. The van der Waals surface area contributed by atoms with Crippen LogP contribution in [0.2, 0.25) is 0 Å². The van der Waals surface area contributed by atoms with Crippen LogP contribution in [-0.2, 0) is 4.74 Å². The van der Waals surface area contributed by atoms with Crippen molar-refractivity contribution in [2.24, 2.45) is 0 Å². The zero-order valence-electron chi connectivity index (χ0n) is 8.85. The second kappa shape index (κ2) is 5.77. The summed E-state index contributed by atoms with van der Waals surface area (Å²) in [5.41, 5.74) is 0.944. The lowest BCUT2D eigenvalue weighted by molar-refractivity contribution is -0.385. The summed E-state index contributed by atoms with van der Waals surface area (Å²) < 4.78 is 6.12. The molecule has 86 valence electrons. The van der Waals surface area contributed by atoms with E-state index in [9.17, 15) is 10.1 Å². The van der Waals surface area contributed by atoms with Gasteiger partial charge in [-0.15, -0.1) is 6.58 Å². The summed E-state index contributed by atoms with van der Waals surface area (Å²) in [6.07, 6.45) is 1.53. The molecule has 0 aliphatic rings. The fraction of sp³-hybridized carbons (Fsp3) is 0.273. The van der Waals surface area contributed by atoms with Crippen LogP contribution in [0.1, 0.15) is 18.6 Å². The third-order valence-electron chi connectivity index (χ3n) is 2.10. The Bertz CT molecular complexity index is 406. The zero-order valence-corrected chi connectivity index (χ0v) is 10.4. The number of rotatable bonds is 5. The van der Waals surface area contributed by atoms with Crippen LogP contribution in [0.15, 0.2) is 35.3 Å². The number of benzene rings is 1. The van der Waals surface area contributed by atoms with Crippen LogP contribution in [0, 0.1) is 10.1 Å². The Morgan fingerprint density at radius 2 is 2.38 bits per heavy atom. The fourth-order valence-corrected chi connectivity index (χ4v) is 1.95. The average molecular weight is 286 g/mol. The first-order chi connectivity index (χ1) is 7.56. The number of hydrogen-bond acceptors (Lipinski definition) is 3. The smallest absolute Gasteiger partial charge is 0.270 e. The summed E-state index contributed by atoms with van der Waals surface area (Å²) in [5.74, 6) is 0. The minimum Gasteiger partial charge on any atom is -0.370 e. The van der Waals surface area contributed by atoms with Gasteiger partial charge in [-0.2, -0.15) is 0 Å². The van der Waals surface area contributed by atoms with Crippen molar-refractivity contribution in [3.8, 4) is 0 Å². The van der Waals surface area contributed by atoms with Gasteiger partial charge in [0, 0.05) is 16.6 Å². The van der Waals surface area contributed by atoms with Crippen LogP contribution in [0.4, 0.5) is 5.69 Å². The van der Waals surface area contributed by atoms with Gasteiger partial charge in [0.25, 0.3) is 5.69 Å². The SMILES string of the molecule is C=CCOC(C)c1ccc([N+](=O)[O-])cc1Br. The highest BCUT2D eigenvalue weighted by Crippen LogP contribution is 2.29. The Kier molecular flexibility index (Phi) is 4.64. The minimum atomic E-state index is -0.427. The van der Waals surface area contributed by atoms with Crippen molar-refractivity contribution in [1.29, 1.82) is 0 Å². The molecule has 0 heterocycles. The summed E-state index contributed by atoms with van der Waals surface area (Å²) in [5, 5.41) is 10.5. The largest absolute Gasteiger partial charge is 0.370 e. The molecule has 0 N–H and O–H groups in total. The lowest BCUT2D eigenvalue weighted by Gasteiger charge is -2.13. The van der Waals surface area contributed by atoms with Crippen molar-refractivity contribution in [2.45, 2.75) is 13.0 Å². The van der Waals surface area contributed by atoms with Crippen LogP contribution in [0.5, 0.6) is 0 Å². The first-order valence-corrected chi connectivity index (χ1v) is 5.52. The van der Waals surface area contributed by atoms with E-state index in [2.05, 4.69) is 22.5 Å². The molecule has 0 aliphatic heterocycles. The molecule has 0 saturated heterocycles. The Hall–Kier alpha value is -1.20. The van der Waals surface area contributed by atoms with Crippen molar-refractivity contribution >= 4 is 21.6 Å². The molecule has 1 atom stereocenters. The molecule has 0 fully saturated rings. The summed E-state index contributed by atoms with van der Waals surface area (Å²) >= 11 is 3.30. The van der Waals surface area contributed by atoms with Crippen molar-refractivity contribution in [3.63, 3.8) is 0 Å². The highest BCUT2D eigenvalue weighted by molar-refractivity contribution is 9.10. The molecular formula is C11H12BrNO3. The number of nitro groups is 1. The van der Waals surface area contributed by atoms with E-state index in [1.54, 1.807) is 12.1 Å². The van der Waals surface area contributed by atoms with Crippen LogP contribution in [0.25, 0.3) is 0 Å². The van der Waals surface area contributed by atoms with E-state index in [0.29, 0.717) is 11.1 Å². The van der Waals surface area contributed by atoms with Crippen molar-refractivity contribution in [2.75, 3.05) is 6.61 Å². The summed E-state index contributed by atoms with van der Waals surface area (Å²) in [6, 6.07) is 4.63. The third kappa shape index (κ3) is 3.15. The van der Waals surface area contributed by atoms with E-state index in [4.69, 9.17) is 4.74 Å². The normalized spacial score (nSPS) is 12.1. The number of hydrogen-bond donors (Lipinski definition) is 0. The van der Waals surface area contributed by atoms with Crippen molar-refractivity contribution in [1.82, 2.24) is 0 Å². The van der Waals surface area contributed by atoms with Gasteiger partial charge in [-0.3, -0.25) is 10.1 Å². The molecular weight excluding hydrogens is 274 g/mol. The summed E-state index contributed by atoms with van der Waals surface area (Å²) in [4.78, 5) is 10.1. The van der Waals surface area contributed by atoms with Gasteiger partial charge in [0.2, 0.25) is 0 Å². The molecule has 1 unspecified atom stereocenters. The van der Waals surface area contributed by atoms with Crippen LogP contribution in [0.3, 0.4) is 0 Å². The maximum absolute atomic E-state index is 10.5. The molecule has 0 aromatic heterocycles. The molecule has 4 nitrogen and oxygen atoms in total. The Morgan fingerprint density at radius 3 is 2.88 bits per heavy atom. The van der Waals surface area contributed by atoms with Gasteiger partial charge in [0.1, 0.15) is 0 Å². The van der Waals surface area contributed by atoms with E-state index < -0.39 is 4.92 Å². The lowest BCUT2D eigenvalue weighted by Crippen LogP contribution is -2.01. The van der Waals surface area contributed by atoms with Crippen molar-refractivity contribution in [3.05, 3.63) is 51.0 Å². The number of halogens is 1. The Morgan fingerprint density at radius 1 is 1.69 bits per heavy atom. The predicted octanol–water partition coefficient (Wildman–Crippen LogP) is 3.62. The van der Waals surface area contributed by atoms with Gasteiger partial charge >= 0.3 is 0 Å². The molecule has 16 heavy (non-hydrogen) atoms. The van der Waals surface area contributed by atoms with Crippen LogP contribution in [-0.4, -0.2) is 11.5 Å². The van der Waals surface area contributed by atoms with Crippen molar-refractivity contribution < 1.29 is 9.66 Å². The van der Waals surface area contributed by atoms with E-state index in [1.165, 1.54) is 12.1 Å².